The second-order valence-corrected chi connectivity index (χ2v) is 9.08. The van der Waals surface area contributed by atoms with Crippen molar-refractivity contribution in [2.75, 3.05) is 30.4 Å². The van der Waals surface area contributed by atoms with E-state index in [1.165, 1.54) is 11.2 Å². The van der Waals surface area contributed by atoms with Crippen LogP contribution in [0.25, 0.3) is 0 Å². The molecule has 1 amide bonds. The smallest absolute Gasteiger partial charge is 0.249 e. The number of benzene rings is 2. The standard InChI is InChI=1S/C20H24N2O5S/c1-20(19(23)21-15-5-9-17(26-2)10-6-15)13-4-14-22(28(20,24)25)16-7-11-18(27-3)12-8-16/h5-12H,4,13-14H2,1-3H3,(H,21,23). The number of amides is 1. The van der Waals surface area contributed by atoms with E-state index in [1.54, 1.807) is 62.8 Å². The van der Waals surface area contributed by atoms with Gasteiger partial charge in [0.15, 0.2) is 4.75 Å². The van der Waals surface area contributed by atoms with Crippen molar-refractivity contribution in [3.05, 3.63) is 48.5 Å². The van der Waals surface area contributed by atoms with E-state index in [1.807, 2.05) is 0 Å². The van der Waals surface area contributed by atoms with Gasteiger partial charge >= 0.3 is 0 Å². The largest absolute Gasteiger partial charge is 0.497 e. The van der Waals surface area contributed by atoms with Crippen molar-refractivity contribution < 1.29 is 22.7 Å². The molecule has 1 N–H and O–H groups in total. The maximum Gasteiger partial charge on any atom is 0.249 e. The van der Waals surface area contributed by atoms with E-state index in [4.69, 9.17) is 9.47 Å². The minimum Gasteiger partial charge on any atom is -0.497 e. The van der Waals surface area contributed by atoms with E-state index >= 15 is 0 Å². The Morgan fingerprint density at radius 1 is 1.00 bits per heavy atom. The third-order valence-electron chi connectivity index (χ3n) is 5.06. The van der Waals surface area contributed by atoms with Crippen LogP contribution in [0.4, 0.5) is 11.4 Å². The first kappa shape index (κ1) is 20.0. The third kappa shape index (κ3) is 3.52. The number of hydrogen-bond donors (Lipinski definition) is 1. The van der Waals surface area contributed by atoms with Crippen LogP contribution in [0.2, 0.25) is 0 Å². The van der Waals surface area contributed by atoms with Gasteiger partial charge in [0.05, 0.1) is 19.9 Å². The lowest BCUT2D eigenvalue weighted by atomic mass is 10.0. The number of nitrogens with zero attached hydrogens (tertiary/aromatic N) is 1. The van der Waals surface area contributed by atoms with E-state index in [9.17, 15) is 13.2 Å². The van der Waals surface area contributed by atoms with Gasteiger partial charge in [-0.1, -0.05) is 0 Å². The molecule has 1 heterocycles. The van der Waals surface area contributed by atoms with Gasteiger partial charge in [0.1, 0.15) is 11.5 Å². The highest BCUT2D eigenvalue weighted by atomic mass is 32.2. The summed E-state index contributed by atoms with van der Waals surface area (Å²) in [6, 6.07) is 13.5. The fraction of sp³-hybridized carbons (Fsp3) is 0.350. The fourth-order valence-corrected chi connectivity index (χ4v) is 5.18. The van der Waals surface area contributed by atoms with Gasteiger partial charge in [-0.05, 0) is 68.3 Å². The maximum atomic E-state index is 13.3. The Labute approximate surface area is 165 Å². The predicted molar refractivity (Wildman–Crippen MR) is 109 cm³/mol. The zero-order valence-corrected chi connectivity index (χ0v) is 17.0. The Hall–Kier alpha value is -2.74. The van der Waals surface area contributed by atoms with Crippen LogP contribution in [0.1, 0.15) is 19.8 Å². The number of rotatable bonds is 5. The van der Waals surface area contributed by atoms with Crippen LogP contribution in [0.5, 0.6) is 11.5 Å². The first-order chi connectivity index (χ1) is 13.3. The molecular formula is C20H24N2O5S. The first-order valence-corrected chi connectivity index (χ1v) is 10.4. The molecule has 1 aliphatic heterocycles. The van der Waals surface area contributed by atoms with E-state index in [0.717, 1.165) is 0 Å². The second kappa shape index (κ2) is 7.71. The number of ether oxygens (including phenoxy) is 2. The summed E-state index contributed by atoms with van der Waals surface area (Å²) in [6.45, 7) is 1.82. The molecule has 0 aromatic heterocycles. The van der Waals surface area contributed by atoms with Crippen LogP contribution < -0.4 is 19.1 Å². The summed E-state index contributed by atoms with van der Waals surface area (Å²) >= 11 is 0. The van der Waals surface area contributed by atoms with Gasteiger partial charge in [0, 0.05) is 12.2 Å². The van der Waals surface area contributed by atoms with Crippen LogP contribution in [0.3, 0.4) is 0 Å². The molecule has 1 fully saturated rings. The van der Waals surface area contributed by atoms with Crippen molar-refractivity contribution in [3.8, 4) is 11.5 Å². The number of carbonyl (C=O) groups excluding carboxylic acids is 1. The molecule has 2 aromatic rings. The van der Waals surface area contributed by atoms with Gasteiger partial charge < -0.3 is 14.8 Å². The summed E-state index contributed by atoms with van der Waals surface area (Å²) in [5.41, 5.74) is 1.03. The Balaban J connectivity index is 1.86. The Bertz CT molecular complexity index is 942. The summed E-state index contributed by atoms with van der Waals surface area (Å²) in [4.78, 5) is 13.0. The molecule has 1 saturated heterocycles. The van der Waals surface area contributed by atoms with Crippen LogP contribution in [0, 0.1) is 0 Å². The number of anilines is 2. The molecule has 28 heavy (non-hydrogen) atoms. The summed E-state index contributed by atoms with van der Waals surface area (Å²) in [6.07, 6.45) is 0.835. The third-order valence-corrected chi connectivity index (χ3v) is 7.56. The molecule has 1 unspecified atom stereocenters. The van der Waals surface area contributed by atoms with E-state index < -0.39 is 20.7 Å². The van der Waals surface area contributed by atoms with Crippen molar-refractivity contribution >= 4 is 27.3 Å². The van der Waals surface area contributed by atoms with Crippen LogP contribution in [-0.4, -0.2) is 39.8 Å². The highest BCUT2D eigenvalue weighted by Crippen LogP contribution is 2.36. The van der Waals surface area contributed by atoms with Crippen molar-refractivity contribution in [1.29, 1.82) is 0 Å². The number of methoxy groups -OCH3 is 2. The van der Waals surface area contributed by atoms with Crippen LogP contribution in [0.15, 0.2) is 48.5 Å². The van der Waals surface area contributed by atoms with E-state index in [0.29, 0.717) is 35.8 Å². The molecule has 1 aliphatic rings. The molecule has 0 saturated carbocycles. The molecular weight excluding hydrogens is 380 g/mol. The highest BCUT2D eigenvalue weighted by Gasteiger charge is 2.52. The average molecular weight is 404 g/mol. The van der Waals surface area contributed by atoms with Gasteiger partial charge in [0.2, 0.25) is 15.9 Å². The molecule has 0 radical (unpaired) electrons. The first-order valence-electron chi connectivity index (χ1n) is 8.94. The van der Waals surface area contributed by atoms with Crippen LogP contribution >= 0.6 is 0 Å². The normalized spacial score (nSPS) is 21.0. The Morgan fingerprint density at radius 3 is 2.07 bits per heavy atom. The van der Waals surface area contributed by atoms with Gasteiger partial charge in [-0.15, -0.1) is 0 Å². The number of nitrogens with one attached hydrogen (secondary N) is 1. The number of sulfonamides is 1. The zero-order valence-electron chi connectivity index (χ0n) is 16.1. The number of hydrogen-bond acceptors (Lipinski definition) is 5. The molecule has 2 aromatic carbocycles. The Morgan fingerprint density at radius 2 is 1.54 bits per heavy atom. The molecule has 0 bridgehead atoms. The highest BCUT2D eigenvalue weighted by molar-refractivity contribution is 7.95. The predicted octanol–water partition coefficient (Wildman–Crippen LogP) is 3.03. The molecule has 0 spiro atoms. The minimum absolute atomic E-state index is 0.254. The van der Waals surface area contributed by atoms with E-state index in [-0.39, 0.29) is 6.42 Å². The lowest BCUT2D eigenvalue weighted by Crippen LogP contribution is -2.57. The maximum absolute atomic E-state index is 13.3. The summed E-state index contributed by atoms with van der Waals surface area (Å²) in [5, 5.41) is 2.73. The van der Waals surface area contributed by atoms with Crippen molar-refractivity contribution in [2.45, 2.75) is 24.5 Å². The van der Waals surface area contributed by atoms with E-state index in [2.05, 4.69) is 5.32 Å². The summed E-state index contributed by atoms with van der Waals surface area (Å²) < 4.78 is 36.6. The van der Waals surface area contributed by atoms with Crippen molar-refractivity contribution in [1.82, 2.24) is 0 Å². The van der Waals surface area contributed by atoms with Gasteiger partial charge in [-0.2, -0.15) is 0 Å². The SMILES string of the molecule is COc1ccc(NC(=O)C2(C)CCCN(c3ccc(OC)cc3)S2(=O)=O)cc1. The zero-order chi connectivity index (χ0) is 20.4. The minimum atomic E-state index is -3.91. The molecule has 3 rings (SSSR count). The van der Waals surface area contributed by atoms with Gasteiger partial charge in [-0.3, -0.25) is 9.10 Å². The number of carbonyl (C=O) groups is 1. The lowest BCUT2D eigenvalue weighted by molar-refractivity contribution is -0.118. The molecule has 150 valence electrons. The van der Waals surface area contributed by atoms with Crippen LogP contribution in [-0.2, 0) is 14.8 Å². The van der Waals surface area contributed by atoms with Crippen molar-refractivity contribution in [3.63, 3.8) is 0 Å². The molecule has 0 aliphatic carbocycles. The molecule has 1 atom stereocenters. The monoisotopic (exact) mass is 404 g/mol. The quantitative estimate of drug-likeness (QED) is 0.828. The second-order valence-electron chi connectivity index (χ2n) is 6.79. The average Bonchev–Trinajstić information content (AvgIpc) is 2.70. The lowest BCUT2D eigenvalue weighted by Gasteiger charge is -2.39. The fourth-order valence-electron chi connectivity index (χ4n) is 3.24. The topological polar surface area (TPSA) is 84.9 Å². The van der Waals surface area contributed by atoms with Gasteiger partial charge in [0.25, 0.3) is 0 Å². The summed E-state index contributed by atoms with van der Waals surface area (Å²) in [5.74, 6) is 0.745. The Kier molecular flexibility index (Phi) is 5.51. The molecule has 7 nitrogen and oxygen atoms in total. The van der Waals surface area contributed by atoms with Gasteiger partial charge in [-0.25, -0.2) is 8.42 Å². The summed E-state index contributed by atoms with van der Waals surface area (Å²) in [7, 11) is -0.811. The molecule has 8 heteroatoms. The van der Waals surface area contributed by atoms with Crippen molar-refractivity contribution in [2.24, 2.45) is 0 Å².